The van der Waals surface area contributed by atoms with Crippen LogP contribution in [0.15, 0.2) is 60.7 Å². The Morgan fingerprint density at radius 3 is 1.97 bits per heavy atom. The van der Waals surface area contributed by atoms with E-state index >= 15 is 0 Å². The molecular weight excluding hydrogens is 358 g/mol. The summed E-state index contributed by atoms with van der Waals surface area (Å²) in [7, 11) is 1.94. The summed E-state index contributed by atoms with van der Waals surface area (Å²) in [6.45, 7) is 11.3. The summed E-state index contributed by atoms with van der Waals surface area (Å²) < 4.78 is 0. The molecule has 4 nitrogen and oxygen atoms in total. The predicted octanol–water partition coefficient (Wildman–Crippen LogP) is 4.04. The minimum absolute atomic E-state index is 0.0667. The van der Waals surface area contributed by atoms with Crippen molar-refractivity contribution in [3.8, 4) is 0 Å². The number of hydrogen-bond acceptors (Lipinski definition) is 3. The molecule has 2 aromatic rings. The molecule has 3 rings (SSSR count). The monoisotopic (exact) mass is 393 g/mol. The van der Waals surface area contributed by atoms with Crippen LogP contribution in [-0.2, 0) is 4.79 Å². The van der Waals surface area contributed by atoms with E-state index in [-0.39, 0.29) is 17.5 Å². The molecule has 1 fully saturated rings. The second-order valence-electron chi connectivity index (χ2n) is 9.02. The van der Waals surface area contributed by atoms with Crippen LogP contribution in [0.5, 0.6) is 0 Å². The van der Waals surface area contributed by atoms with Gasteiger partial charge in [0.15, 0.2) is 0 Å². The van der Waals surface area contributed by atoms with Crippen LogP contribution in [0.1, 0.15) is 44.4 Å². The number of likely N-dealkylation sites (N-methyl/N-ethyl adjacent to an activating group) is 1. The Labute approximate surface area is 176 Å². The van der Waals surface area contributed by atoms with Crippen molar-refractivity contribution in [1.29, 1.82) is 0 Å². The molecule has 0 N–H and O–H groups in total. The van der Waals surface area contributed by atoms with Crippen molar-refractivity contribution in [2.45, 2.75) is 38.8 Å². The molecule has 1 saturated heterocycles. The smallest absolute Gasteiger partial charge is 0.237 e. The van der Waals surface area contributed by atoms with Gasteiger partial charge < -0.3 is 4.90 Å². The van der Waals surface area contributed by atoms with Crippen molar-refractivity contribution in [3.63, 3.8) is 0 Å². The summed E-state index contributed by atoms with van der Waals surface area (Å²) in [5.41, 5.74) is 2.47. The quantitative estimate of drug-likeness (QED) is 0.767. The highest BCUT2D eigenvalue weighted by Gasteiger charge is 2.27. The van der Waals surface area contributed by atoms with E-state index in [1.54, 1.807) is 0 Å². The van der Waals surface area contributed by atoms with E-state index in [1.807, 2.05) is 48.3 Å². The summed E-state index contributed by atoms with van der Waals surface area (Å²) in [4.78, 5) is 20.0. The van der Waals surface area contributed by atoms with Crippen molar-refractivity contribution in [2.24, 2.45) is 0 Å². The normalized spacial score (nSPS) is 16.6. The Morgan fingerprint density at radius 2 is 1.45 bits per heavy atom. The maximum absolute atomic E-state index is 13.3. The minimum atomic E-state index is -0.0667. The molecule has 1 heterocycles. The van der Waals surface area contributed by atoms with E-state index in [1.165, 1.54) is 0 Å². The van der Waals surface area contributed by atoms with Gasteiger partial charge in [0.25, 0.3) is 0 Å². The summed E-state index contributed by atoms with van der Waals surface area (Å²) in [5.74, 6) is 0.173. The van der Waals surface area contributed by atoms with Crippen molar-refractivity contribution in [2.75, 3.05) is 39.8 Å². The minimum Gasteiger partial charge on any atom is -0.334 e. The van der Waals surface area contributed by atoms with E-state index in [4.69, 9.17) is 0 Å². The summed E-state index contributed by atoms with van der Waals surface area (Å²) in [5, 5.41) is 0. The molecule has 0 radical (unpaired) electrons. The van der Waals surface area contributed by atoms with Crippen LogP contribution < -0.4 is 0 Å². The number of carbonyl (C=O) groups is 1. The lowest BCUT2D eigenvalue weighted by atomic mass is 9.97. The van der Waals surface area contributed by atoms with E-state index in [0.29, 0.717) is 6.54 Å². The third-order valence-corrected chi connectivity index (χ3v) is 5.91. The van der Waals surface area contributed by atoms with Gasteiger partial charge in [0, 0.05) is 25.7 Å². The lowest BCUT2D eigenvalue weighted by Crippen LogP contribution is -2.45. The van der Waals surface area contributed by atoms with Gasteiger partial charge in [-0.1, -0.05) is 60.7 Å². The largest absolute Gasteiger partial charge is 0.334 e. The first-order chi connectivity index (χ1) is 13.9. The fraction of sp³-hybridized carbons (Fsp3) is 0.480. The Morgan fingerprint density at radius 1 is 0.897 bits per heavy atom. The number of benzene rings is 2. The maximum Gasteiger partial charge on any atom is 0.237 e. The van der Waals surface area contributed by atoms with Gasteiger partial charge in [-0.15, -0.1) is 0 Å². The summed E-state index contributed by atoms with van der Waals surface area (Å²) >= 11 is 0. The predicted molar refractivity (Wildman–Crippen MR) is 120 cm³/mol. The highest BCUT2D eigenvalue weighted by molar-refractivity contribution is 5.79. The molecule has 156 valence electrons. The average Bonchev–Trinajstić information content (AvgIpc) is 2.95. The first kappa shape index (κ1) is 21.5. The third-order valence-electron chi connectivity index (χ3n) is 5.91. The second kappa shape index (κ2) is 9.55. The molecule has 0 bridgehead atoms. The second-order valence-corrected chi connectivity index (χ2v) is 9.02. The van der Waals surface area contributed by atoms with Crippen LogP contribution in [-0.4, -0.2) is 65.9 Å². The first-order valence-electron chi connectivity index (χ1n) is 10.7. The van der Waals surface area contributed by atoms with Crippen LogP contribution in [0.3, 0.4) is 0 Å². The molecule has 0 unspecified atom stereocenters. The average molecular weight is 394 g/mol. The van der Waals surface area contributed by atoms with E-state index in [2.05, 4.69) is 54.8 Å². The number of hydrogen-bond donors (Lipinski definition) is 0. The van der Waals surface area contributed by atoms with Crippen molar-refractivity contribution >= 4 is 5.91 Å². The third kappa shape index (κ3) is 5.68. The zero-order chi connectivity index (χ0) is 20.9. The highest BCUT2D eigenvalue weighted by atomic mass is 16.2. The molecule has 0 saturated carbocycles. The van der Waals surface area contributed by atoms with Crippen LogP contribution in [0.2, 0.25) is 0 Å². The Kier molecular flexibility index (Phi) is 7.09. The zero-order valence-electron chi connectivity index (χ0n) is 18.3. The van der Waals surface area contributed by atoms with E-state index in [0.717, 1.165) is 43.7 Å². The topological polar surface area (TPSA) is 26.8 Å². The molecule has 1 aliphatic heterocycles. The number of carbonyl (C=O) groups excluding carboxylic acids is 1. The van der Waals surface area contributed by atoms with Crippen LogP contribution in [0.4, 0.5) is 0 Å². The van der Waals surface area contributed by atoms with Gasteiger partial charge in [0.1, 0.15) is 0 Å². The standard InChI is InChI=1S/C25H35N3O/c1-25(2,3)28-17-11-16-27(18-19-28)20-23(29)26(4)24(21-12-7-5-8-13-21)22-14-9-6-10-15-22/h5-10,12-15,24H,11,16-20H2,1-4H3. The van der Waals surface area contributed by atoms with E-state index in [9.17, 15) is 4.79 Å². The first-order valence-corrected chi connectivity index (χ1v) is 10.7. The van der Waals surface area contributed by atoms with Gasteiger partial charge in [-0.05, 0) is 51.4 Å². The Balaban J connectivity index is 1.71. The van der Waals surface area contributed by atoms with Gasteiger partial charge in [-0.25, -0.2) is 0 Å². The SMILES string of the molecule is CN(C(=O)CN1CCCN(C(C)(C)C)CC1)C(c1ccccc1)c1ccccc1. The Bertz CT molecular complexity index is 730. The van der Waals surface area contributed by atoms with Crippen LogP contribution >= 0.6 is 0 Å². The van der Waals surface area contributed by atoms with Gasteiger partial charge in [0.2, 0.25) is 5.91 Å². The summed E-state index contributed by atoms with van der Waals surface area (Å²) in [6.07, 6.45) is 1.11. The van der Waals surface area contributed by atoms with Crippen LogP contribution in [0.25, 0.3) is 0 Å². The molecular formula is C25H35N3O. The lowest BCUT2D eigenvalue weighted by molar-refractivity contribution is -0.132. The molecule has 1 amide bonds. The molecule has 29 heavy (non-hydrogen) atoms. The van der Waals surface area contributed by atoms with Gasteiger partial charge in [-0.3, -0.25) is 14.6 Å². The lowest BCUT2D eigenvalue weighted by Gasteiger charge is -2.34. The summed E-state index contributed by atoms with van der Waals surface area (Å²) in [6, 6.07) is 20.6. The van der Waals surface area contributed by atoms with Gasteiger partial charge in [-0.2, -0.15) is 0 Å². The molecule has 2 aromatic carbocycles. The number of amides is 1. The van der Waals surface area contributed by atoms with E-state index < -0.39 is 0 Å². The zero-order valence-corrected chi connectivity index (χ0v) is 18.3. The molecule has 0 aliphatic carbocycles. The van der Waals surface area contributed by atoms with Crippen molar-refractivity contribution in [1.82, 2.24) is 14.7 Å². The van der Waals surface area contributed by atoms with Gasteiger partial charge in [0.05, 0.1) is 12.6 Å². The molecule has 0 atom stereocenters. The van der Waals surface area contributed by atoms with Crippen molar-refractivity contribution < 1.29 is 4.79 Å². The molecule has 0 spiro atoms. The fourth-order valence-corrected chi connectivity index (χ4v) is 4.16. The molecule has 0 aromatic heterocycles. The van der Waals surface area contributed by atoms with Crippen LogP contribution in [0, 0.1) is 0 Å². The molecule has 1 aliphatic rings. The van der Waals surface area contributed by atoms with Gasteiger partial charge >= 0.3 is 0 Å². The molecule has 4 heteroatoms. The number of nitrogens with zero attached hydrogens (tertiary/aromatic N) is 3. The number of rotatable bonds is 5. The Hall–Kier alpha value is -2.17. The highest BCUT2D eigenvalue weighted by Crippen LogP contribution is 2.27. The maximum atomic E-state index is 13.3. The fourth-order valence-electron chi connectivity index (χ4n) is 4.16. The van der Waals surface area contributed by atoms with Crippen molar-refractivity contribution in [3.05, 3.63) is 71.8 Å².